The van der Waals surface area contributed by atoms with E-state index >= 15 is 0 Å². The fourth-order valence-corrected chi connectivity index (χ4v) is 4.01. The molecule has 6 nitrogen and oxygen atoms in total. The molecule has 0 bridgehead atoms. The fourth-order valence-electron chi connectivity index (χ4n) is 4.01. The number of hydrogen-bond donors (Lipinski definition) is 1. The van der Waals surface area contributed by atoms with Crippen molar-refractivity contribution in [2.24, 2.45) is 0 Å². The summed E-state index contributed by atoms with van der Waals surface area (Å²) in [6.45, 7) is 8.97. The van der Waals surface area contributed by atoms with E-state index in [2.05, 4.69) is 26.7 Å². The second kappa shape index (κ2) is 16.7. The molecule has 12 heteroatoms. The first-order valence-electron chi connectivity index (χ1n) is 13.1. The maximum atomic E-state index is 12.4. The Morgan fingerprint density at radius 3 is 1.77 bits per heavy atom. The molecule has 2 saturated heterocycles. The van der Waals surface area contributed by atoms with E-state index in [1.807, 2.05) is 32.0 Å². The topological polar surface area (TPSA) is 62.2 Å². The number of carboxylic acids is 1. The molecule has 2 aromatic carbocycles. The average molecular weight is 581 g/mol. The monoisotopic (exact) mass is 580 g/mol. The number of piperidine rings is 1. The van der Waals surface area contributed by atoms with Crippen molar-refractivity contribution < 1.29 is 45.7 Å². The van der Waals surface area contributed by atoms with Gasteiger partial charge in [0.05, 0.1) is 0 Å². The maximum absolute atomic E-state index is 12.4. The summed E-state index contributed by atoms with van der Waals surface area (Å²) in [5.41, 5.74) is 1.98. The number of ether oxygens (including phenoxy) is 2. The van der Waals surface area contributed by atoms with E-state index in [4.69, 9.17) is 14.6 Å². The Hall–Kier alpha value is -3.31. The van der Waals surface area contributed by atoms with Crippen LogP contribution in [0.25, 0.3) is 0 Å². The van der Waals surface area contributed by atoms with Crippen molar-refractivity contribution in [1.29, 1.82) is 0 Å². The van der Waals surface area contributed by atoms with Crippen molar-refractivity contribution in [2.75, 3.05) is 36.0 Å². The number of aliphatic carboxylic acids is 1. The van der Waals surface area contributed by atoms with E-state index in [1.54, 1.807) is 6.07 Å². The minimum atomic E-state index is -4.68. The molecule has 4 rings (SSSR count). The van der Waals surface area contributed by atoms with Crippen molar-refractivity contribution in [3.05, 3.63) is 48.5 Å². The highest BCUT2D eigenvalue weighted by Gasteiger charge is 2.31. The lowest BCUT2D eigenvalue weighted by molar-refractivity contribution is -0.274. The molecule has 2 aromatic rings. The minimum Gasteiger partial charge on any atom is -0.490 e. The van der Waals surface area contributed by atoms with E-state index in [-0.39, 0.29) is 18.8 Å². The minimum absolute atomic E-state index is 0.110. The number of anilines is 2. The zero-order valence-corrected chi connectivity index (χ0v) is 23.2. The summed E-state index contributed by atoms with van der Waals surface area (Å²) in [4.78, 5) is 13.5. The normalized spacial score (nSPS) is 15.4. The van der Waals surface area contributed by atoms with Crippen LogP contribution in [0, 0.1) is 0 Å². The first-order valence-corrected chi connectivity index (χ1v) is 13.1. The van der Waals surface area contributed by atoms with Crippen molar-refractivity contribution >= 4 is 17.3 Å². The first kappa shape index (κ1) is 34.7. The molecule has 0 spiro atoms. The number of hydrogen-bond acceptors (Lipinski definition) is 5. The Morgan fingerprint density at radius 2 is 1.30 bits per heavy atom. The third-order valence-electron chi connectivity index (χ3n) is 5.47. The lowest BCUT2D eigenvalue weighted by Gasteiger charge is -2.34. The Morgan fingerprint density at radius 1 is 0.825 bits per heavy atom. The van der Waals surface area contributed by atoms with Crippen molar-refractivity contribution in [2.45, 2.75) is 72.0 Å². The van der Waals surface area contributed by atoms with Crippen LogP contribution in [0.15, 0.2) is 48.5 Å². The van der Waals surface area contributed by atoms with Crippen LogP contribution >= 0.6 is 0 Å². The van der Waals surface area contributed by atoms with Crippen LogP contribution in [-0.4, -0.2) is 55.9 Å². The van der Waals surface area contributed by atoms with Crippen molar-refractivity contribution in [1.82, 2.24) is 0 Å². The third kappa shape index (κ3) is 15.3. The lowest BCUT2D eigenvalue weighted by Crippen LogP contribution is -2.38. The van der Waals surface area contributed by atoms with Gasteiger partial charge in [0, 0.05) is 70.3 Å². The Kier molecular flexibility index (Phi) is 14.5. The summed E-state index contributed by atoms with van der Waals surface area (Å²) in [6, 6.07) is 14.4. The SMILES string of the molecule is CC.CC(=O)O.CC(F)(F)F.FC(F)(F)Oc1cccc(N2CCC(Oc3ccc(N4CCCC4)cc3)CC2)c1. The molecule has 0 atom stereocenters. The fraction of sp³-hybridized carbons (Fsp3) is 0.536. The standard InChI is InChI=1S/C22H25F3N2O2.C2H3F3.C2H4O2.C2H6/c23-22(24,25)29-21-5-3-4-18(16-21)27-14-10-20(11-15-27)28-19-8-6-17(7-9-19)26-12-1-2-13-26;1-2(3,4)5;1-2(3)4;1-2/h3-9,16,20H,1-2,10-15H2;1H3;1H3,(H,3,4);1-2H3. The molecule has 2 fully saturated rings. The highest BCUT2D eigenvalue weighted by molar-refractivity contribution is 5.63. The molecule has 0 aromatic heterocycles. The van der Waals surface area contributed by atoms with Gasteiger partial charge in [-0.25, -0.2) is 0 Å². The first-order chi connectivity index (χ1) is 18.7. The van der Waals surface area contributed by atoms with Crippen molar-refractivity contribution in [3.8, 4) is 11.5 Å². The molecule has 2 aliphatic rings. The summed E-state index contributed by atoms with van der Waals surface area (Å²) in [6.07, 6.45) is -4.43. The molecular weight excluding hydrogens is 542 g/mol. The number of rotatable bonds is 5. The predicted molar refractivity (Wildman–Crippen MR) is 143 cm³/mol. The van der Waals surface area contributed by atoms with Gasteiger partial charge in [-0.05, 0) is 49.2 Å². The molecular formula is C28H38F6N2O4. The highest BCUT2D eigenvalue weighted by Crippen LogP contribution is 2.30. The van der Waals surface area contributed by atoms with Gasteiger partial charge in [-0.2, -0.15) is 13.2 Å². The number of carbonyl (C=O) groups is 1. The molecule has 0 radical (unpaired) electrons. The van der Waals surface area contributed by atoms with Gasteiger partial charge in [-0.15, -0.1) is 13.2 Å². The molecule has 40 heavy (non-hydrogen) atoms. The molecule has 0 aliphatic carbocycles. The smallest absolute Gasteiger partial charge is 0.490 e. The Balaban J connectivity index is 0.000000627. The van der Waals surface area contributed by atoms with E-state index in [0.717, 1.165) is 57.4 Å². The summed E-state index contributed by atoms with van der Waals surface area (Å²) < 4.78 is 78.5. The van der Waals surface area contributed by atoms with Crippen LogP contribution in [0.2, 0.25) is 0 Å². The largest absolute Gasteiger partial charge is 0.573 e. The zero-order valence-electron chi connectivity index (χ0n) is 23.2. The van der Waals surface area contributed by atoms with Gasteiger partial charge in [0.1, 0.15) is 17.6 Å². The second-order valence-corrected chi connectivity index (χ2v) is 8.84. The van der Waals surface area contributed by atoms with E-state index < -0.39 is 18.5 Å². The average Bonchev–Trinajstić information content (AvgIpc) is 3.39. The molecule has 0 amide bonds. The van der Waals surface area contributed by atoms with Gasteiger partial charge in [0.25, 0.3) is 5.97 Å². The third-order valence-corrected chi connectivity index (χ3v) is 5.47. The van der Waals surface area contributed by atoms with Crippen LogP contribution in [0.4, 0.5) is 37.7 Å². The zero-order chi connectivity index (χ0) is 30.3. The van der Waals surface area contributed by atoms with Crippen LogP contribution < -0.4 is 19.3 Å². The van der Waals surface area contributed by atoms with Gasteiger partial charge in [-0.3, -0.25) is 4.79 Å². The maximum Gasteiger partial charge on any atom is 0.573 e. The number of carboxylic acid groups (broad SMARTS) is 1. The van der Waals surface area contributed by atoms with Gasteiger partial charge in [0.2, 0.25) is 0 Å². The Bertz CT molecular complexity index is 976. The Labute approximate surface area is 231 Å². The predicted octanol–water partition coefficient (Wildman–Crippen LogP) is 7.92. The van der Waals surface area contributed by atoms with E-state index in [1.165, 1.54) is 30.7 Å². The van der Waals surface area contributed by atoms with Gasteiger partial charge in [0.15, 0.2) is 0 Å². The number of alkyl halides is 6. The van der Waals surface area contributed by atoms with Crippen LogP contribution in [0.1, 0.15) is 53.4 Å². The summed E-state index contributed by atoms with van der Waals surface area (Å²) >= 11 is 0. The van der Waals surface area contributed by atoms with Crippen LogP contribution in [-0.2, 0) is 4.79 Å². The molecule has 0 unspecified atom stereocenters. The van der Waals surface area contributed by atoms with Crippen LogP contribution in [0.3, 0.4) is 0 Å². The van der Waals surface area contributed by atoms with Gasteiger partial charge >= 0.3 is 12.5 Å². The van der Waals surface area contributed by atoms with E-state index in [0.29, 0.717) is 0 Å². The number of halogens is 6. The summed E-state index contributed by atoms with van der Waals surface area (Å²) in [5, 5.41) is 7.42. The number of benzene rings is 2. The molecule has 2 aliphatic heterocycles. The molecule has 2 heterocycles. The van der Waals surface area contributed by atoms with Crippen LogP contribution in [0.5, 0.6) is 11.5 Å². The van der Waals surface area contributed by atoms with Gasteiger partial charge in [-0.1, -0.05) is 19.9 Å². The summed E-state index contributed by atoms with van der Waals surface area (Å²) in [5.74, 6) is -0.154. The molecule has 0 saturated carbocycles. The quantitative estimate of drug-likeness (QED) is 0.363. The molecule has 226 valence electrons. The van der Waals surface area contributed by atoms with E-state index in [9.17, 15) is 26.3 Å². The lowest BCUT2D eigenvalue weighted by atomic mass is 10.1. The summed E-state index contributed by atoms with van der Waals surface area (Å²) in [7, 11) is 0. The molecule has 1 N–H and O–H groups in total. The highest BCUT2D eigenvalue weighted by atomic mass is 19.4. The van der Waals surface area contributed by atoms with Crippen molar-refractivity contribution in [3.63, 3.8) is 0 Å². The van der Waals surface area contributed by atoms with Gasteiger partial charge < -0.3 is 24.4 Å². The second-order valence-electron chi connectivity index (χ2n) is 8.84. The number of nitrogens with zero attached hydrogens (tertiary/aromatic N) is 2.